The molecule has 1 aliphatic rings. The Balaban J connectivity index is 1.93. The molecule has 22 heavy (non-hydrogen) atoms. The van der Waals surface area contributed by atoms with Gasteiger partial charge in [0.25, 0.3) is 0 Å². The van der Waals surface area contributed by atoms with Gasteiger partial charge in [0.1, 0.15) is 5.52 Å². The van der Waals surface area contributed by atoms with Crippen molar-refractivity contribution in [3.05, 3.63) is 11.9 Å². The Labute approximate surface area is 128 Å². The minimum atomic E-state index is -0.179. The standard InChI is InChI=1S/C14H19N7O/c1-9-12-13(15-8-11(18-12)17-10(2)22)19-14(16-9)21-6-4-20(3)5-7-21/h8H,4-7H2,1-3H3,(H,17,18,22). The lowest BCUT2D eigenvalue weighted by atomic mass is 10.3. The average molecular weight is 301 g/mol. The summed E-state index contributed by atoms with van der Waals surface area (Å²) in [7, 11) is 2.11. The van der Waals surface area contributed by atoms with E-state index in [1.165, 1.54) is 13.1 Å². The molecule has 1 saturated heterocycles. The Morgan fingerprint density at radius 2 is 1.91 bits per heavy atom. The van der Waals surface area contributed by atoms with Crippen molar-refractivity contribution in [1.29, 1.82) is 0 Å². The first-order valence-electron chi connectivity index (χ1n) is 7.25. The van der Waals surface area contributed by atoms with Gasteiger partial charge in [-0.3, -0.25) is 4.79 Å². The van der Waals surface area contributed by atoms with Gasteiger partial charge in [-0.05, 0) is 14.0 Å². The molecule has 1 fully saturated rings. The van der Waals surface area contributed by atoms with Crippen LogP contribution in [0.2, 0.25) is 0 Å². The molecule has 0 spiro atoms. The number of fused-ring (bicyclic) bond motifs is 1. The van der Waals surface area contributed by atoms with Gasteiger partial charge in [-0.1, -0.05) is 0 Å². The maximum atomic E-state index is 11.1. The third kappa shape index (κ3) is 2.96. The normalized spacial score (nSPS) is 16.0. The molecule has 8 heteroatoms. The first kappa shape index (κ1) is 14.6. The summed E-state index contributed by atoms with van der Waals surface area (Å²) < 4.78 is 0. The molecule has 1 aliphatic heterocycles. The molecule has 1 N–H and O–H groups in total. The molecule has 2 aromatic rings. The van der Waals surface area contributed by atoms with Crippen LogP contribution in [0.15, 0.2) is 6.20 Å². The van der Waals surface area contributed by atoms with Crippen molar-refractivity contribution in [2.24, 2.45) is 0 Å². The molecule has 0 saturated carbocycles. The summed E-state index contributed by atoms with van der Waals surface area (Å²) in [6.07, 6.45) is 1.52. The van der Waals surface area contributed by atoms with Crippen LogP contribution in [0.5, 0.6) is 0 Å². The zero-order valence-electron chi connectivity index (χ0n) is 13.0. The van der Waals surface area contributed by atoms with E-state index in [2.05, 4.69) is 42.1 Å². The summed E-state index contributed by atoms with van der Waals surface area (Å²) >= 11 is 0. The van der Waals surface area contributed by atoms with Gasteiger partial charge in [-0.2, -0.15) is 4.98 Å². The summed E-state index contributed by atoms with van der Waals surface area (Å²) in [5, 5.41) is 2.62. The van der Waals surface area contributed by atoms with Crippen molar-refractivity contribution in [2.75, 3.05) is 43.4 Å². The molecule has 0 radical (unpaired) electrons. The molecule has 0 bridgehead atoms. The van der Waals surface area contributed by atoms with Gasteiger partial charge in [0.15, 0.2) is 11.5 Å². The van der Waals surface area contributed by atoms with Gasteiger partial charge in [-0.25, -0.2) is 15.0 Å². The number of aryl methyl sites for hydroxylation is 1. The molecule has 3 heterocycles. The van der Waals surface area contributed by atoms with Gasteiger partial charge >= 0.3 is 0 Å². The zero-order valence-corrected chi connectivity index (χ0v) is 13.0. The maximum Gasteiger partial charge on any atom is 0.227 e. The largest absolute Gasteiger partial charge is 0.338 e. The fraction of sp³-hybridized carbons (Fsp3) is 0.500. The Morgan fingerprint density at radius 1 is 1.18 bits per heavy atom. The van der Waals surface area contributed by atoms with Crippen LogP contribution in [0.3, 0.4) is 0 Å². The molecule has 8 nitrogen and oxygen atoms in total. The average Bonchev–Trinajstić information content (AvgIpc) is 2.48. The summed E-state index contributed by atoms with van der Waals surface area (Å²) in [5.41, 5.74) is 1.93. The fourth-order valence-electron chi connectivity index (χ4n) is 2.42. The van der Waals surface area contributed by atoms with E-state index < -0.39 is 0 Å². The third-order valence-corrected chi connectivity index (χ3v) is 3.66. The fourth-order valence-corrected chi connectivity index (χ4v) is 2.42. The van der Waals surface area contributed by atoms with E-state index >= 15 is 0 Å². The van der Waals surface area contributed by atoms with E-state index in [1.807, 2.05) is 6.92 Å². The summed E-state index contributed by atoms with van der Waals surface area (Å²) in [5.74, 6) is 0.931. The molecule has 116 valence electrons. The maximum absolute atomic E-state index is 11.1. The Hall–Kier alpha value is -2.35. The number of carbonyl (C=O) groups excluding carboxylic acids is 1. The summed E-state index contributed by atoms with van der Waals surface area (Å²) in [6.45, 7) is 7.11. The van der Waals surface area contributed by atoms with Crippen LogP contribution in [0.4, 0.5) is 11.8 Å². The highest BCUT2D eigenvalue weighted by atomic mass is 16.1. The van der Waals surface area contributed by atoms with Crippen molar-refractivity contribution < 1.29 is 4.79 Å². The van der Waals surface area contributed by atoms with Gasteiger partial charge < -0.3 is 15.1 Å². The van der Waals surface area contributed by atoms with Crippen LogP contribution >= 0.6 is 0 Å². The van der Waals surface area contributed by atoms with Gasteiger partial charge in [0.2, 0.25) is 11.9 Å². The monoisotopic (exact) mass is 301 g/mol. The van der Waals surface area contributed by atoms with Crippen LogP contribution in [0, 0.1) is 6.92 Å². The number of carbonyl (C=O) groups is 1. The lowest BCUT2D eigenvalue weighted by Crippen LogP contribution is -2.45. The minimum absolute atomic E-state index is 0.179. The van der Waals surface area contributed by atoms with Gasteiger partial charge in [0.05, 0.1) is 11.9 Å². The molecule has 0 aliphatic carbocycles. The van der Waals surface area contributed by atoms with Crippen LogP contribution in [-0.4, -0.2) is 64.0 Å². The number of rotatable bonds is 2. The summed E-state index contributed by atoms with van der Waals surface area (Å²) in [4.78, 5) is 33.3. The lowest BCUT2D eigenvalue weighted by molar-refractivity contribution is -0.114. The second-order valence-electron chi connectivity index (χ2n) is 5.51. The predicted molar refractivity (Wildman–Crippen MR) is 83.9 cm³/mol. The topological polar surface area (TPSA) is 87.1 Å². The minimum Gasteiger partial charge on any atom is -0.338 e. The number of nitrogens with one attached hydrogen (secondary N) is 1. The first-order chi connectivity index (χ1) is 10.5. The molecular formula is C14H19N7O. The third-order valence-electron chi connectivity index (χ3n) is 3.66. The zero-order chi connectivity index (χ0) is 15.7. The van der Waals surface area contributed by atoms with Crippen LogP contribution in [0.1, 0.15) is 12.6 Å². The smallest absolute Gasteiger partial charge is 0.227 e. The molecule has 2 aromatic heterocycles. The number of likely N-dealkylation sites (N-methyl/N-ethyl adjacent to an activating group) is 1. The van der Waals surface area contributed by atoms with Crippen LogP contribution in [-0.2, 0) is 4.79 Å². The highest BCUT2D eigenvalue weighted by Crippen LogP contribution is 2.18. The second kappa shape index (κ2) is 5.80. The number of aromatic nitrogens is 4. The SMILES string of the molecule is CC(=O)Nc1cnc2nc(N3CCN(C)CC3)nc(C)c2n1. The Bertz CT molecular complexity index is 710. The van der Waals surface area contributed by atoms with Crippen molar-refractivity contribution in [3.8, 4) is 0 Å². The number of hydrogen-bond donors (Lipinski definition) is 1. The second-order valence-corrected chi connectivity index (χ2v) is 5.51. The highest BCUT2D eigenvalue weighted by Gasteiger charge is 2.18. The van der Waals surface area contributed by atoms with Crippen molar-refractivity contribution in [2.45, 2.75) is 13.8 Å². The van der Waals surface area contributed by atoms with Crippen molar-refractivity contribution in [3.63, 3.8) is 0 Å². The van der Waals surface area contributed by atoms with E-state index in [4.69, 9.17) is 0 Å². The Kier molecular flexibility index (Phi) is 3.84. The van der Waals surface area contributed by atoms with E-state index in [9.17, 15) is 4.79 Å². The molecular weight excluding hydrogens is 282 g/mol. The van der Waals surface area contributed by atoms with Gasteiger partial charge in [0, 0.05) is 33.1 Å². The number of hydrogen-bond acceptors (Lipinski definition) is 7. The molecule has 1 amide bonds. The van der Waals surface area contributed by atoms with Crippen molar-refractivity contribution in [1.82, 2.24) is 24.8 Å². The predicted octanol–water partition coefficient (Wildman–Crippen LogP) is 0.438. The number of anilines is 2. The number of piperazine rings is 1. The molecule has 3 rings (SSSR count). The Morgan fingerprint density at radius 3 is 2.59 bits per heavy atom. The highest BCUT2D eigenvalue weighted by molar-refractivity contribution is 5.88. The number of amides is 1. The van der Waals surface area contributed by atoms with Gasteiger partial charge in [-0.15, -0.1) is 0 Å². The quantitative estimate of drug-likeness (QED) is 0.861. The van der Waals surface area contributed by atoms with E-state index in [1.54, 1.807) is 0 Å². The number of nitrogens with zero attached hydrogens (tertiary/aromatic N) is 6. The van der Waals surface area contributed by atoms with Crippen LogP contribution < -0.4 is 10.2 Å². The molecule has 0 atom stereocenters. The first-order valence-corrected chi connectivity index (χ1v) is 7.25. The lowest BCUT2D eigenvalue weighted by Gasteiger charge is -2.32. The van der Waals surface area contributed by atoms with Crippen LogP contribution in [0.25, 0.3) is 11.2 Å². The van der Waals surface area contributed by atoms with E-state index in [-0.39, 0.29) is 5.91 Å². The molecule has 0 aromatic carbocycles. The summed E-state index contributed by atoms with van der Waals surface area (Å²) in [6, 6.07) is 0. The van der Waals surface area contributed by atoms with Crippen molar-refractivity contribution >= 4 is 28.8 Å². The van der Waals surface area contributed by atoms with E-state index in [0.29, 0.717) is 22.9 Å². The van der Waals surface area contributed by atoms with E-state index in [0.717, 1.165) is 31.9 Å². The molecule has 0 unspecified atom stereocenters.